The molecule has 0 bridgehead atoms. The molecular formula is C9H10N2O4S. The first kappa shape index (κ1) is 12.2. The lowest BCUT2D eigenvalue weighted by molar-refractivity contribution is -0.128. The predicted molar refractivity (Wildman–Crippen MR) is 57.7 cm³/mol. The molecule has 0 aliphatic carbocycles. The van der Waals surface area contributed by atoms with Gasteiger partial charge in [0.05, 0.1) is 0 Å². The second-order valence-corrected chi connectivity index (χ2v) is 4.28. The molecule has 1 rings (SSSR count). The number of nitrogens with one attached hydrogen (secondary N) is 1. The fraction of sp³-hybridized carbons (Fsp3) is 0. The van der Waals surface area contributed by atoms with E-state index in [0.29, 0.717) is 5.69 Å². The largest absolute Gasteiger partial charge is 0.346 e. The summed E-state index contributed by atoms with van der Waals surface area (Å²) in [7, 11) is -4.09. The Morgan fingerprint density at radius 2 is 1.94 bits per heavy atom. The summed E-state index contributed by atoms with van der Waals surface area (Å²) in [6.45, 7) is 3.10. The van der Waals surface area contributed by atoms with Crippen LogP contribution >= 0.6 is 0 Å². The minimum atomic E-state index is -4.09. The molecule has 7 heteroatoms. The summed E-state index contributed by atoms with van der Waals surface area (Å²) in [6, 6.07) is 5.41. The van der Waals surface area contributed by atoms with Crippen molar-refractivity contribution in [1.29, 1.82) is 0 Å². The number of nitrogens with two attached hydrogens (primary N) is 1. The molecule has 0 amide bonds. The first-order valence-corrected chi connectivity index (χ1v) is 5.58. The number of rotatable bonds is 4. The van der Waals surface area contributed by atoms with Crippen molar-refractivity contribution < 1.29 is 17.4 Å². The lowest BCUT2D eigenvalue weighted by Crippen LogP contribution is -2.11. The molecule has 0 fully saturated rings. The zero-order valence-corrected chi connectivity index (χ0v) is 9.03. The van der Waals surface area contributed by atoms with Crippen LogP contribution in [0.4, 0.5) is 5.69 Å². The predicted octanol–water partition coefficient (Wildman–Crippen LogP) is 0.390. The van der Waals surface area contributed by atoms with Crippen LogP contribution in [0.2, 0.25) is 0 Å². The molecule has 0 radical (unpaired) electrons. The van der Waals surface area contributed by atoms with Crippen molar-refractivity contribution in [3.05, 3.63) is 36.9 Å². The standard InChI is InChI=1S/C9H10N2O4S/c1-2-9(12)15-16(13,14)8-5-3-7(11-10)4-6-8/h2-6,11H,1,10H2. The summed E-state index contributed by atoms with van der Waals surface area (Å²) in [5.41, 5.74) is 2.87. The van der Waals surface area contributed by atoms with Crippen molar-refractivity contribution in [1.82, 2.24) is 0 Å². The number of anilines is 1. The molecule has 0 spiro atoms. The first-order chi connectivity index (χ1) is 7.49. The molecule has 6 nitrogen and oxygen atoms in total. The van der Waals surface area contributed by atoms with Crippen LogP contribution in [-0.4, -0.2) is 14.4 Å². The van der Waals surface area contributed by atoms with Gasteiger partial charge < -0.3 is 9.61 Å². The van der Waals surface area contributed by atoms with Crippen molar-refractivity contribution in [2.75, 3.05) is 5.43 Å². The minimum Gasteiger partial charge on any atom is -0.338 e. The number of benzene rings is 1. The van der Waals surface area contributed by atoms with Crippen LogP contribution in [-0.2, 0) is 19.1 Å². The summed E-state index contributed by atoms with van der Waals surface area (Å²) >= 11 is 0. The van der Waals surface area contributed by atoms with Crippen molar-refractivity contribution in [2.45, 2.75) is 4.90 Å². The second kappa shape index (κ2) is 4.77. The summed E-state index contributed by atoms with van der Waals surface area (Å²) in [5, 5.41) is 0. The number of hydrogen-bond acceptors (Lipinski definition) is 6. The third-order valence-electron chi connectivity index (χ3n) is 1.67. The highest BCUT2D eigenvalue weighted by atomic mass is 32.2. The Kier molecular flexibility index (Phi) is 3.64. The Hall–Kier alpha value is -1.86. The number of hydrazine groups is 1. The fourth-order valence-electron chi connectivity index (χ4n) is 0.908. The molecule has 0 aliphatic heterocycles. The van der Waals surface area contributed by atoms with Gasteiger partial charge in [-0.15, -0.1) is 0 Å². The van der Waals surface area contributed by atoms with Gasteiger partial charge in [0.15, 0.2) is 0 Å². The molecule has 0 aliphatic rings. The summed E-state index contributed by atoms with van der Waals surface area (Å²) in [6.07, 6.45) is 0.771. The Balaban J connectivity index is 2.98. The van der Waals surface area contributed by atoms with E-state index < -0.39 is 16.1 Å². The maximum Gasteiger partial charge on any atom is 0.346 e. The average molecular weight is 242 g/mol. The Morgan fingerprint density at radius 3 is 2.38 bits per heavy atom. The van der Waals surface area contributed by atoms with E-state index in [-0.39, 0.29) is 4.90 Å². The van der Waals surface area contributed by atoms with Crippen LogP contribution in [0.3, 0.4) is 0 Å². The quantitative estimate of drug-likeness (QED) is 0.343. The fourth-order valence-corrected chi connectivity index (χ4v) is 1.76. The van der Waals surface area contributed by atoms with E-state index in [9.17, 15) is 13.2 Å². The number of hydrogen-bond donors (Lipinski definition) is 2. The third kappa shape index (κ3) is 2.81. The Labute approximate surface area is 92.8 Å². The Bertz CT molecular complexity index is 493. The van der Waals surface area contributed by atoms with E-state index in [1.807, 2.05) is 0 Å². The summed E-state index contributed by atoms with van der Waals surface area (Å²) in [5.74, 6) is 4.09. The molecule has 0 saturated heterocycles. The van der Waals surface area contributed by atoms with Gasteiger partial charge in [0.1, 0.15) is 4.90 Å². The van der Waals surface area contributed by atoms with Gasteiger partial charge in [0, 0.05) is 11.8 Å². The smallest absolute Gasteiger partial charge is 0.338 e. The van der Waals surface area contributed by atoms with Crippen LogP contribution in [0.25, 0.3) is 0 Å². The van der Waals surface area contributed by atoms with Crippen LogP contribution in [0.1, 0.15) is 0 Å². The number of nitrogen functional groups attached to an aromatic ring is 1. The van der Waals surface area contributed by atoms with Crippen LogP contribution in [0.15, 0.2) is 41.8 Å². The van der Waals surface area contributed by atoms with Gasteiger partial charge in [-0.3, -0.25) is 5.84 Å². The second-order valence-electron chi connectivity index (χ2n) is 2.73. The molecule has 16 heavy (non-hydrogen) atoms. The molecule has 0 saturated carbocycles. The highest BCUT2D eigenvalue weighted by molar-refractivity contribution is 7.87. The molecule has 0 unspecified atom stereocenters. The normalized spacial score (nSPS) is 10.6. The first-order valence-electron chi connectivity index (χ1n) is 4.17. The van der Waals surface area contributed by atoms with Gasteiger partial charge in [-0.05, 0) is 24.3 Å². The van der Waals surface area contributed by atoms with E-state index in [0.717, 1.165) is 6.08 Å². The summed E-state index contributed by atoms with van der Waals surface area (Å²) < 4.78 is 27.1. The molecule has 3 N–H and O–H groups in total. The molecule has 1 aromatic carbocycles. The maximum atomic E-state index is 11.5. The van der Waals surface area contributed by atoms with Gasteiger partial charge in [-0.2, -0.15) is 8.42 Å². The lowest BCUT2D eigenvalue weighted by Gasteiger charge is -2.04. The van der Waals surface area contributed by atoms with Gasteiger partial charge in [0.2, 0.25) is 0 Å². The average Bonchev–Trinajstić information content (AvgIpc) is 2.28. The van der Waals surface area contributed by atoms with Crippen molar-refractivity contribution >= 4 is 21.8 Å². The molecule has 0 aromatic heterocycles. The SMILES string of the molecule is C=CC(=O)OS(=O)(=O)c1ccc(NN)cc1. The van der Waals surface area contributed by atoms with Crippen LogP contribution in [0, 0.1) is 0 Å². The van der Waals surface area contributed by atoms with Crippen molar-refractivity contribution in [3.8, 4) is 0 Å². The summed E-state index contributed by atoms with van der Waals surface area (Å²) in [4.78, 5) is 10.6. The molecule has 0 heterocycles. The topological polar surface area (TPSA) is 98.5 Å². The molecular weight excluding hydrogens is 232 g/mol. The Morgan fingerprint density at radius 1 is 1.38 bits per heavy atom. The highest BCUT2D eigenvalue weighted by Crippen LogP contribution is 2.15. The molecule has 86 valence electrons. The number of carbonyl (C=O) groups is 1. The molecule has 0 atom stereocenters. The lowest BCUT2D eigenvalue weighted by atomic mass is 10.3. The van der Waals surface area contributed by atoms with E-state index in [2.05, 4.69) is 16.2 Å². The zero-order chi connectivity index (χ0) is 12.2. The van der Waals surface area contributed by atoms with Gasteiger partial charge >= 0.3 is 16.1 Å². The van der Waals surface area contributed by atoms with E-state index in [1.165, 1.54) is 24.3 Å². The zero-order valence-electron chi connectivity index (χ0n) is 8.21. The molecule has 1 aromatic rings. The highest BCUT2D eigenvalue weighted by Gasteiger charge is 2.18. The minimum absolute atomic E-state index is 0.137. The van der Waals surface area contributed by atoms with E-state index in [1.54, 1.807) is 0 Å². The van der Waals surface area contributed by atoms with Crippen LogP contribution in [0.5, 0.6) is 0 Å². The number of carbonyl (C=O) groups excluding carboxylic acids is 1. The third-order valence-corrected chi connectivity index (χ3v) is 2.90. The van der Waals surface area contributed by atoms with Crippen molar-refractivity contribution in [2.24, 2.45) is 5.84 Å². The van der Waals surface area contributed by atoms with Gasteiger partial charge in [-0.1, -0.05) is 6.58 Å². The van der Waals surface area contributed by atoms with Crippen molar-refractivity contribution in [3.63, 3.8) is 0 Å². The van der Waals surface area contributed by atoms with Gasteiger partial charge in [-0.25, -0.2) is 4.79 Å². The van der Waals surface area contributed by atoms with E-state index in [4.69, 9.17) is 5.84 Å². The van der Waals surface area contributed by atoms with Gasteiger partial charge in [0.25, 0.3) is 0 Å². The van der Waals surface area contributed by atoms with Crippen LogP contribution < -0.4 is 11.3 Å². The monoisotopic (exact) mass is 242 g/mol. The van der Waals surface area contributed by atoms with E-state index >= 15 is 0 Å². The maximum absolute atomic E-state index is 11.5.